The monoisotopic (exact) mass is 436 g/mol. The van der Waals surface area contributed by atoms with Gasteiger partial charge in [0.05, 0.1) is 18.2 Å². The van der Waals surface area contributed by atoms with Crippen molar-refractivity contribution in [3.8, 4) is 5.75 Å². The highest BCUT2D eigenvalue weighted by molar-refractivity contribution is 8.23. The molecular formula is C16H22ClN2O4PS2. The Balaban J connectivity index is 2.43. The van der Waals surface area contributed by atoms with Crippen LogP contribution in [0.5, 0.6) is 5.75 Å². The molecule has 1 aromatic carbocycles. The van der Waals surface area contributed by atoms with Crippen LogP contribution in [0.25, 0.3) is 0 Å². The lowest BCUT2D eigenvalue weighted by molar-refractivity contribution is -0.142. The molecule has 1 saturated heterocycles. The summed E-state index contributed by atoms with van der Waals surface area (Å²) in [6, 6.07) is 5.79. The Morgan fingerprint density at radius 1 is 1.42 bits per heavy atom. The van der Waals surface area contributed by atoms with Gasteiger partial charge < -0.3 is 9.26 Å². The Bertz CT molecular complexity index is 734. The van der Waals surface area contributed by atoms with Gasteiger partial charge >= 0.3 is 13.6 Å². The molecule has 0 saturated carbocycles. The first-order chi connectivity index (χ1) is 12.2. The van der Waals surface area contributed by atoms with E-state index in [0.717, 1.165) is 0 Å². The fourth-order valence-electron chi connectivity index (χ4n) is 2.47. The second kappa shape index (κ2) is 8.93. The number of methoxy groups -OCH3 is 1. The van der Waals surface area contributed by atoms with Crippen molar-refractivity contribution in [3.63, 3.8) is 0 Å². The van der Waals surface area contributed by atoms with Crippen LogP contribution in [0.3, 0.4) is 0 Å². The number of para-hydroxylation sites is 1. The van der Waals surface area contributed by atoms with Crippen molar-refractivity contribution in [2.75, 3.05) is 12.9 Å². The Labute approximate surface area is 168 Å². The lowest BCUT2D eigenvalue weighted by Crippen LogP contribution is -2.44. The zero-order valence-electron chi connectivity index (χ0n) is 15.0. The summed E-state index contributed by atoms with van der Waals surface area (Å²) in [4.78, 5) is 11.9. The largest absolute Gasteiger partial charge is 0.468 e. The van der Waals surface area contributed by atoms with Gasteiger partial charge in [0.2, 0.25) is 0 Å². The molecule has 0 bridgehead atoms. The lowest BCUT2D eigenvalue weighted by Gasteiger charge is -2.36. The standard InChI is InChI=1S/C16H22ClN2O4PS2/c1-10(2)13-9-26-16(25)19(13)24(21,18-11(3)15(20)22-4)23-14-8-6-5-7-12(14)17/h5-8,10-11,13H,9H2,1-4H3,(H,18,21)/t11-,13+,24?/m0/s1. The molecule has 1 unspecified atom stereocenters. The van der Waals surface area contributed by atoms with Crippen molar-refractivity contribution < 1.29 is 18.6 Å². The molecule has 1 aliphatic heterocycles. The summed E-state index contributed by atoms with van der Waals surface area (Å²) in [5.74, 6) is 0.582. The van der Waals surface area contributed by atoms with Crippen LogP contribution < -0.4 is 9.61 Å². The minimum atomic E-state index is -3.77. The number of thiocarbonyl (C=S) groups is 1. The van der Waals surface area contributed by atoms with E-state index in [9.17, 15) is 9.36 Å². The minimum Gasteiger partial charge on any atom is -0.468 e. The number of rotatable bonds is 7. The zero-order valence-corrected chi connectivity index (χ0v) is 18.3. The average Bonchev–Trinajstić information content (AvgIpc) is 2.98. The summed E-state index contributed by atoms with van der Waals surface area (Å²) in [6.45, 7) is 5.61. The van der Waals surface area contributed by atoms with E-state index in [1.165, 1.54) is 18.9 Å². The molecule has 0 aromatic heterocycles. The van der Waals surface area contributed by atoms with Crippen molar-refractivity contribution in [1.82, 2.24) is 9.76 Å². The summed E-state index contributed by atoms with van der Waals surface area (Å²) in [7, 11) is -2.50. The lowest BCUT2D eigenvalue weighted by atomic mass is 10.1. The summed E-state index contributed by atoms with van der Waals surface area (Å²) >= 11 is 13.0. The van der Waals surface area contributed by atoms with E-state index < -0.39 is 19.7 Å². The number of nitrogens with one attached hydrogen (secondary N) is 1. The van der Waals surface area contributed by atoms with E-state index in [1.807, 2.05) is 13.8 Å². The maximum atomic E-state index is 13.9. The van der Waals surface area contributed by atoms with Crippen molar-refractivity contribution in [2.45, 2.75) is 32.9 Å². The molecule has 0 spiro atoms. The van der Waals surface area contributed by atoms with Crippen molar-refractivity contribution in [1.29, 1.82) is 0 Å². The first kappa shape index (κ1) is 21.5. The quantitative estimate of drug-likeness (QED) is 0.384. The number of hydrogen-bond donors (Lipinski definition) is 1. The van der Waals surface area contributed by atoms with E-state index >= 15 is 0 Å². The zero-order chi connectivity index (χ0) is 19.5. The number of carbonyl (C=O) groups excluding carboxylic acids is 1. The predicted molar refractivity (Wildman–Crippen MR) is 110 cm³/mol. The van der Waals surface area contributed by atoms with E-state index in [2.05, 4.69) is 5.09 Å². The van der Waals surface area contributed by atoms with Crippen LogP contribution >= 0.6 is 43.3 Å². The van der Waals surface area contributed by atoms with Crippen LogP contribution in [0.1, 0.15) is 20.8 Å². The molecule has 0 radical (unpaired) electrons. The van der Waals surface area contributed by atoms with E-state index in [-0.39, 0.29) is 17.7 Å². The van der Waals surface area contributed by atoms with Crippen LogP contribution in [0.4, 0.5) is 0 Å². The van der Waals surface area contributed by atoms with Crippen molar-refractivity contribution in [2.24, 2.45) is 5.92 Å². The van der Waals surface area contributed by atoms with Gasteiger partial charge in [-0.3, -0.25) is 9.46 Å². The number of thioether (sulfide) groups is 1. The molecule has 2 rings (SSSR count). The topological polar surface area (TPSA) is 67.9 Å². The van der Waals surface area contributed by atoms with Gasteiger partial charge in [-0.05, 0) is 25.0 Å². The predicted octanol–water partition coefficient (Wildman–Crippen LogP) is 4.34. The van der Waals surface area contributed by atoms with Gasteiger partial charge in [-0.15, -0.1) is 0 Å². The van der Waals surface area contributed by atoms with Gasteiger partial charge in [-0.1, -0.05) is 61.6 Å². The highest BCUT2D eigenvalue weighted by Gasteiger charge is 2.47. The molecule has 10 heteroatoms. The third kappa shape index (κ3) is 4.73. The van der Waals surface area contributed by atoms with Crippen LogP contribution in [0.15, 0.2) is 24.3 Å². The average molecular weight is 437 g/mol. The van der Waals surface area contributed by atoms with E-state index in [4.69, 9.17) is 33.1 Å². The van der Waals surface area contributed by atoms with Gasteiger partial charge in [0.15, 0.2) is 0 Å². The number of esters is 1. The second-order valence-electron chi connectivity index (χ2n) is 6.15. The third-order valence-electron chi connectivity index (χ3n) is 3.90. The Morgan fingerprint density at radius 2 is 2.08 bits per heavy atom. The highest BCUT2D eigenvalue weighted by atomic mass is 35.5. The van der Waals surface area contributed by atoms with E-state index in [1.54, 1.807) is 35.9 Å². The van der Waals surface area contributed by atoms with Crippen LogP contribution in [0, 0.1) is 5.92 Å². The van der Waals surface area contributed by atoms with Gasteiger partial charge in [0, 0.05) is 5.75 Å². The summed E-state index contributed by atoms with van der Waals surface area (Å²) in [5.41, 5.74) is 0. The number of benzene rings is 1. The Hall–Kier alpha value is -0.790. The Kier molecular flexibility index (Phi) is 7.39. The SMILES string of the molecule is COC(=O)[C@H](C)NP(=O)(Oc1ccccc1Cl)N1C(=S)SC[C@@H]1C(C)C. The van der Waals surface area contributed by atoms with Crippen molar-refractivity contribution in [3.05, 3.63) is 29.3 Å². The van der Waals surface area contributed by atoms with Crippen LogP contribution in [-0.2, 0) is 14.1 Å². The Morgan fingerprint density at radius 3 is 2.65 bits per heavy atom. The van der Waals surface area contributed by atoms with Gasteiger partial charge in [0.1, 0.15) is 16.1 Å². The molecule has 0 amide bonds. The van der Waals surface area contributed by atoms with Gasteiger partial charge in [-0.2, -0.15) is 0 Å². The number of halogens is 1. The molecule has 1 fully saturated rings. The third-order valence-corrected chi connectivity index (χ3v) is 8.21. The maximum absolute atomic E-state index is 13.9. The molecule has 26 heavy (non-hydrogen) atoms. The molecule has 3 atom stereocenters. The first-order valence-electron chi connectivity index (χ1n) is 8.06. The van der Waals surface area contributed by atoms with Crippen LogP contribution in [-0.4, -0.2) is 39.9 Å². The van der Waals surface area contributed by atoms with E-state index in [0.29, 0.717) is 15.1 Å². The van der Waals surface area contributed by atoms with Gasteiger partial charge in [-0.25, -0.2) is 9.65 Å². The molecule has 1 N–H and O–H groups in total. The van der Waals surface area contributed by atoms with Crippen LogP contribution in [0.2, 0.25) is 5.02 Å². The molecule has 0 aliphatic carbocycles. The summed E-state index contributed by atoms with van der Waals surface area (Å²) < 4.78 is 26.6. The smallest absolute Gasteiger partial charge is 0.421 e. The van der Waals surface area contributed by atoms with Crippen molar-refractivity contribution >= 4 is 53.5 Å². The molecular weight excluding hydrogens is 415 g/mol. The molecule has 1 aliphatic rings. The molecule has 1 aromatic rings. The summed E-state index contributed by atoms with van der Waals surface area (Å²) in [6.07, 6.45) is 0. The number of ether oxygens (including phenoxy) is 1. The molecule has 6 nitrogen and oxygen atoms in total. The number of nitrogens with zero attached hydrogens (tertiary/aromatic N) is 1. The fraction of sp³-hybridized carbons (Fsp3) is 0.500. The fourth-order valence-corrected chi connectivity index (χ4v) is 7.32. The highest BCUT2D eigenvalue weighted by Crippen LogP contribution is 2.55. The summed E-state index contributed by atoms with van der Waals surface area (Å²) in [5, 5.41) is 3.12. The minimum absolute atomic E-state index is 0.0989. The first-order valence-corrected chi connectivity index (χ1v) is 11.4. The number of carbonyl (C=O) groups is 1. The number of hydrogen-bond acceptors (Lipinski definition) is 6. The maximum Gasteiger partial charge on any atom is 0.421 e. The molecule has 1 heterocycles. The normalized spacial score (nSPS) is 20.8. The van der Waals surface area contributed by atoms with Gasteiger partial charge in [0.25, 0.3) is 0 Å². The second-order valence-corrected chi connectivity index (χ2v) is 10.1. The molecule has 144 valence electrons.